The molecule has 1 saturated heterocycles. The Labute approximate surface area is 153 Å². The third-order valence-corrected chi connectivity index (χ3v) is 5.33. The van der Waals surface area contributed by atoms with Crippen molar-refractivity contribution in [1.29, 1.82) is 0 Å². The van der Waals surface area contributed by atoms with E-state index in [0.29, 0.717) is 35.1 Å². The first kappa shape index (κ1) is 16.9. The number of thiophene rings is 1. The van der Waals surface area contributed by atoms with Gasteiger partial charge in [0.1, 0.15) is 5.82 Å². The zero-order valence-electron chi connectivity index (χ0n) is 14.1. The van der Waals surface area contributed by atoms with Crippen LogP contribution < -0.4 is 5.32 Å². The number of halogens is 1. The summed E-state index contributed by atoms with van der Waals surface area (Å²) in [6.07, 6.45) is 0.693. The topological polar surface area (TPSA) is 71.3 Å². The molecule has 1 amide bonds. The Morgan fingerprint density at radius 2 is 2.15 bits per heavy atom. The summed E-state index contributed by atoms with van der Waals surface area (Å²) in [6.45, 7) is 0.704. The maximum absolute atomic E-state index is 13.0. The average molecular weight is 372 g/mol. The van der Waals surface area contributed by atoms with Crippen molar-refractivity contribution in [3.63, 3.8) is 0 Å². The van der Waals surface area contributed by atoms with E-state index in [2.05, 4.69) is 20.4 Å². The van der Waals surface area contributed by atoms with Gasteiger partial charge in [-0.2, -0.15) is 4.98 Å². The standard InChI is InChI=1S/C18H17FN4O2S/c1-23-10-13(20-17(24)15-3-2-8-26-15)9-14(23)18-21-16(22-25-18)11-4-6-12(19)7-5-11/h2-8,13-14H,9-10H2,1H3,(H,20,24). The van der Waals surface area contributed by atoms with Crippen molar-refractivity contribution < 1.29 is 13.7 Å². The van der Waals surface area contributed by atoms with Crippen LogP contribution in [0.3, 0.4) is 0 Å². The predicted molar refractivity (Wildman–Crippen MR) is 95.3 cm³/mol. The van der Waals surface area contributed by atoms with Gasteiger partial charge in [-0.1, -0.05) is 11.2 Å². The molecule has 1 aromatic carbocycles. The number of hydrogen-bond donors (Lipinski definition) is 1. The molecule has 8 heteroatoms. The minimum atomic E-state index is -0.308. The Hall–Kier alpha value is -2.58. The van der Waals surface area contributed by atoms with Crippen LogP contribution >= 0.6 is 11.3 Å². The lowest BCUT2D eigenvalue weighted by Crippen LogP contribution is -2.36. The van der Waals surface area contributed by atoms with E-state index in [9.17, 15) is 9.18 Å². The monoisotopic (exact) mass is 372 g/mol. The first-order chi connectivity index (χ1) is 12.6. The summed E-state index contributed by atoms with van der Waals surface area (Å²) in [6, 6.07) is 9.58. The lowest BCUT2D eigenvalue weighted by Gasteiger charge is -2.14. The molecule has 4 rings (SSSR count). The van der Waals surface area contributed by atoms with Gasteiger partial charge in [0.15, 0.2) is 0 Å². The zero-order chi connectivity index (χ0) is 18.1. The first-order valence-electron chi connectivity index (χ1n) is 8.24. The second-order valence-corrected chi connectivity index (χ2v) is 7.25. The first-order valence-corrected chi connectivity index (χ1v) is 9.12. The van der Waals surface area contributed by atoms with Gasteiger partial charge in [0.2, 0.25) is 11.7 Å². The van der Waals surface area contributed by atoms with E-state index < -0.39 is 0 Å². The van der Waals surface area contributed by atoms with Crippen molar-refractivity contribution >= 4 is 17.2 Å². The fourth-order valence-electron chi connectivity index (χ4n) is 3.14. The number of likely N-dealkylation sites (N-methyl/N-ethyl adjacent to an activating group) is 1. The molecule has 1 aliphatic heterocycles. The van der Waals surface area contributed by atoms with E-state index in [0.717, 1.165) is 0 Å². The molecule has 26 heavy (non-hydrogen) atoms. The van der Waals surface area contributed by atoms with Gasteiger partial charge in [-0.05, 0) is 49.2 Å². The Morgan fingerprint density at radius 3 is 2.88 bits per heavy atom. The molecule has 1 N–H and O–H groups in total. The van der Waals surface area contributed by atoms with Crippen molar-refractivity contribution in [3.8, 4) is 11.4 Å². The molecular formula is C18H17FN4O2S. The number of amides is 1. The molecule has 0 spiro atoms. The number of carbonyl (C=O) groups excluding carboxylic acids is 1. The molecule has 2 atom stereocenters. The molecule has 0 bridgehead atoms. The predicted octanol–water partition coefficient (Wildman–Crippen LogP) is 3.11. The van der Waals surface area contributed by atoms with Crippen LogP contribution in [0.15, 0.2) is 46.3 Å². The summed E-state index contributed by atoms with van der Waals surface area (Å²) in [7, 11) is 1.96. The minimum absolute atomic E-state index is 0.0146. The normalized spacial score (nSPS) is 20.4. The molecule has 6 nitrogen and oxygen atoms in total. The molecule has 2 unspecified atom stereocenters. The van der Waals surface area contributed by atoms with Crippen molar-refractivity contribution in [2.24, 2.45) is 0 Å². The van der Waals surface area contributed by atoms with Crippen LogP contribution in [0.25, 0.3) is 11.4 Å². The highest BCUT2D eigenvalue weighted by atomic mass is 32.1. The van der Waals surface area contributed by atoms with Gasteiger partial charge >= 0.3 is 0 Å². The Bertz CT molecular complexity index is 894. The Kier molecular flexibility index (Phi) is 4.52. The lowest BCUT2D eigenvalue weighted by atomic mass is 10.1. The summed E-state index contributed by atoms with van der Waals surface area (Å²) in [5.41, 5.74) is 0.699. The van der Waals surface area contributed by atoms with Crippen LogP contribution in [-0.2, 0) is 0 Å². The van der Waals surface area contributed by atoms with Crippen LogP contribution in [0.1, 0.15) is 28.0 Å². The van der Waals surface area contributed by atoms with E-state index in [1.807, 2.05) is 24.6 Å². The number of aromatic nitrogens is 2. The lowest BCUT2D eigenvalue weighted by molar-refractivity contribution is 0.0942. The van der Waals surface area contributed by atoms with Crippen LogP contribution in [0.4, 0.5) is 4.39 Å². The van der Waals surface area contributed by atoms with Crippen LogP contribution in [0.2, 0.25) is 0 Å². The third-order valence-electron chi connectivity index (χ3n) is 4.46. The number of carbonyl (C=O) groups is 1. The molecular weight excluding hydrogens is 355 g/mol. The van der Waals surface area contributed by atoms with Crippen molar-refractivity contribution in [2.75, 3.05) is 13.6 Å². The second-order valence-electron chi connectivity index (χ2n) is 6.30. The smallest absolute Gasteiger partial charge is 0.261 e. The third kappa shape index (κ3) is 3.38. The SMILES string of the molecule is CN1CC(NC(=O)c2cccs2)CC1c1nc(-c2ccc(F)cc2)no1. The van der Waals surface area contributed by atoms with E-state index in [4.69, 9.17) is 4.52 Å². The molecule has 0 radical (unpaired) electrons. The highest BCUT2D eigenvalue weighted by molar-refractivity contribution is 7.12. The maximum atomic E-state index is 13.0. The number of rotatable bonds is 4. The largest absolute Gasteiger partial charge is 0.347 e. The van der Waals surface area contributed by atoms with Gasteiger partial charge in [0.25, 0.3) is 5.91 Å². The zero-order valence-corrected chi connectivity index (χ0v) is 14.9. The van der Waals surface area contributed by atoms with Crippen LogP contribution in [0.5, 0.6) is 0 Å². The van der Waals surface area contributed by atoms with Crippen LogP contribution in [-0.4, -0.2) is 40.6 Å². The van der Waals surface area contributed by atoms with Gasteiger partial charge < -0.3 is 9.84 Å². The number of likely N-dealkylation sites (tertiary alicyclic amines) is 1. The molecule has 0 aliphatic carbocycles. The van der Waals surface area contributed by atoms with Crippen molar-refractivity contribution in [3.05, 3.63) is 58.4 Å². The van der Waals surface area contributed by atoms with E-state index in [1.165, 1.54) is 23.5 Å². The highest BCUT2D eigenvalue weighted by Crippen LogP contribution is 2.31. The molecule has 2 aromatic heterocycles. The van der Waals surface area contributed by atoms with Gasteiger partial charge in [0, 0.05) is 18.2 Å². The number of nitrogens with zero attached hydrogens (tertiary/aromatic N) is 3. The van der Waals surface area contributed by atoms with E-state index >= 15 is 0 Å². The maximum Gasteiger partial charge on any atom is 0.261 e. The minimum Gasteiger partial charge on any atom is -0.347 e. The molecule has 134 valence electrons. The Balaban J connectivity index is 1.45. The van der Waals surface area contributed by atoms with Gasteiger partial charge in [-0.15, -0.1) is 11.3 Å². The number of nitrogens with one attached hydrogen (secondary N) is 1. The highest BCUT2D eigenvalue weighted by Gasteiger charge is 2.35. The van der Waals surface area contributed by atoms with Gasteiger partial charge in [-0.3, -0.25) is 9.69 Å². The average Bonchev–Trinajstić information content (AvgIpc) is 3.35. The van der Waals surface area contributed by atoms with Crippen LogP contribution in [0, 0.1) is 5.82 Å². The van der Waals surface area contributed by atoms with E-state index in [-0.39, 0.29) is 23.8 Å². The van der Waals surface area contributed by atoms with E-state index in [1.54, 1.807) is 12.1 Å². The summed E-state index contributed by atoms with van der Waals surface area (Å²) in [5.74, 6) is 0.563. The summed E-state index contributed by atoms with van der Waals surface area (Å²) < 4.78 is 18.5. The van der Waals surface area contributed by atoms with Crippen molar-refractivity contribution in [1.82, 2.24) is 20.4 Å². The fourth-order valence-corrected chi connectivity index (χ4v) is 3.77. The molecule has 3 aromatic rings. The van der Waals surface area contributed by atoms with Crippen molar-refractivity contribution in [2.45, 2.75) is 18.5 Å². The second kappa shape index (κ2) is 6.97. The summed E-state index contributed by atoms with van der Waals surface area (Å²) >= 11 is 1.42. The fraction of sp³-hybridized carbons (Fsp3) is 0.278. The van der Waals surface area contributed by atoms with Gasteiger partial charge in [0.05, 0.1) is 10.9 Å². The molecule has 1 aliphatic rings. The quantitative estimate of drug-likeness (QED) is 0.762. The summed E-state index contributed by atoms with van der Waals surface area (Å²) in [5, 5.41) is 8.94. The molecule has 1 fully saturated rings. The number of hydrogen-bond acceptors (Lipinski definition) is 6. The van der Waals surface area contributed by atoms with Gasteiger partial charge in [-0.25, -0.2) is 4.39 Å². The Morgan fingerprint density at radius 1 is 1.35 bits per heavy atom. The molecule has 0 saturated carbocycles. The summed E-state index contributed by atoms with van der Waals surface area (Å²) in [4.78, 5) is 19.5. The molecule has 3 heterocycles. The number of benzene rings is 1.